The van der Waals surface area contributed by atoms with Gasteiger partial charge in [-0.05, 0) is 36.6 Å². The summed E-state index contributed by atoms with van der Waals surface area (Å²) in [6.45, 7) is 10.8. The Kier molecular flexibility index (Phi) is 6.80. The lowest BCUT2D eigenvalue weighted by Gasteiger charge is -2.36. The number of carbonyl (C=O) groups excluding carboxylic acids is 1. The van der Waals surface area contributed by atoms with Gasteiger partial charge in [0.05, 0.1) is 42.4 Å². The molecule has 1 amide bonds. The Morgan fingerprint density at radius 1 is 1.18 bits per heavy atom. The minimum atomic E-state index is -0.371. The molecule has 6 rings (SSSR count). The van der Waals surface area contributed by atoms with Gasteiger partial charge in [-0.15, -0.1) is 10.2 Å². The Hall–Kier alpha value is -4.16. The number of anilines is 2. The number of fused-ring (bicyclic) bond motifs is 1. The highest BCUT2D eigenvalue weighted by Crippen LogP contribution is 2.33. The van der Waals surface area contributed by atoms with Crippen LogP contribution in [0.5, 0.6) is 0 Å². The molecular formula is C28H33N9O3. The second-order valence-corrected chi connectivity index (χ2v) is 11.3. The lowest BCUT2D eigenvalue weighted by molar-refractivity contribution is -0.0678. The maximum atomic E-state index is 13.2. The van der Waals surface area contributed by atoms with E-state index >= 15 is 0 Å². The summed E-state index contributed by atoms with van der Waals surface area (Å²) in [5, 5.41) is 21.4. The molecule has 0 saturated carbocycles. The van der Waals surface area contributed by atoms with Gasteiger partial charge in [0.1, 0.15) is 0 Å². The summed E-state index contributed by atoms with van der Waals surface area (Å²) < 4.78 is 11.2. The Bertz CT molecular complexity index is 1520. The highest BCUT2D eigenvalue weighted by Gasteiger charge is 2.32. The summed E-state index contributed by atoms with van der Waals surface area (Å²) in [6, 6.07) is 8.33. The zero-order valence-corrected chi connectivity index (χ0v) is 23.1. The molecular weight excluding hydrogens is 510 g/mol. The molecule has 0 radical (unpaired) electrons. The first-order chi connectivity index (χ1) is 19.2. The average Bonchev–Trinajstić information content (AvgIpc) is 3.51. The van der Waals surface area contributed by atoms with Gasteiger partial charge in [-0.1, -0.05) is 32.9 Å². The van der Waals surface area contributed by atoms with Crippen molar-refractivity contribution < 1.29 is 13.9 Å². The van der Waals surface area contributed by atoms with Crippen LogP contribution in [0.15, 0.2) is 41.1 Å². The molecule has 0 bridgehead atoms. The van der Waals surface area contributed by atoms with Crippen molar-refractivity contribution in [3.05, 3.63) is 65.3 Å². The molecule has 4 aromatic rings. The van der Waals surface area contributed by atoms with E-state index in [9.17, 15) is 4.79 Å². The number of hydrogen-bond acceptors (Lipinski definition) is 10. The second-order valence-electron chi connectivity index (χ2n) is 11.3. The molecule has 0 unspecified atom stereocenters. The Morgan fingerprint density at radius 3 is 2.73 bits per heavy atom. The molecule has 3 N–H and O–H groups in total. The Labute approximate surface area is 232 Å². The quantitative estimate of drug-likeness (QED) is 0.329. The molecule has 1 atom stereocenters. The van der Waals surface area contributed by atoms with Crippen molar-refractivity contribution in [1.29, 1.82) is 0 Å². The van der Waals surface area contributed by atoms with Crippen molar-refractivity contribution in [3.63, 3.8) is 0 Å². The summed E-state index contributed by atoms with van der Waals surface area (Å²) in [4.78, 5) is 24.7. The largest absolute Gasteiger partial charge is 0.416 e. The molecule has 0 aliphatic carbocycles. The molecule has 2 aliphatic rings. The third-order valence-corrected chi connectivity index (χ3v) is 7.33. The molecule has 1 fully saturated rings. The van der Waals surface area contributed by atoms with Gasteiger partial charge in [-0.3, -0.25) is 14.8 Å². The molecule has 40 heavy (non-hydrogen) atoms. The lowest BCUT2D eigenvalue weighted by Crippen LogP contribution is -2.48. The Morgan fingerprint density at radius 2 is 2.02 bits per heavy atom. The van der Waals surface area contributed by atoms with Gasteiger partial charge >= 0.3 is 11.8 Å². The predicted molar refractivity (Wildman–Crippen MR) is 147 cm³/mol. The van der Waals surface area contributed by atoms with Crippen molar-refractivity contribution in [2.75, 3.05) is 25.1 Å². The highest BCUT2D eigenvalue weighted by atomic mass is 16.5. The van der Waals surface area contributed by atoms with E-state index in [2.05, 4.69) is 53.0 Å². The molecule has 1 aromatic carbocycles. The van der Waals surface area contributed by atoms with Crippen LogP contribution in [0.4, 0.5) is 11.6 Å². The van der Waals surface area contributed by atoms with Crippen LogP contribution < -0.4 is 10.6 Å². The van der Waals surface area contributed by atoms with E-state index in [-0.39, 0.29) is 23.3 Å². The summed E-state index contributed by atoms with van der Waals surface area (Å²) in [6.07, 6.45) is 4.27. The average molecular weight is 544 g/mol. The minimum Gasteiger partial charge on any atom is -0.416 e. The van der Waals surface area contributed by atoms with Crippen LogP contribution in [0.25, 0.3) is 11.3 Å². The second kappa shape index (κ2) is 10.4. The van der Waals surface area contributed by atoms with Crippen molar-refractivity contribution >= 4 is 17.5 Å². The zero-order valence-electron chi connectivity index (χ0n) is 23.1. The number of aromatic amines is 1. The number of nitrogens with zero attached hydrogens (tertiary/aromatic N) is 6. The number of carbonyl (C=O) groups is 1. The number of aromatic nitrogens is 6. The maximum absolute atomic E-state index is 13.2. The van der Waals surface area contributed by atoms with Crippen LogP contribution in [0.2, 0.25) is 0 Å². The van der Waals surface area contributed by atoms with Crippen LogP contribution in [0, 0.1) is 6.92 Å². The van der Waals surface area contributed by atoms with Gasteiger partial charge in [-0.2, -0.15) is 5.10 Å². The molecule has 12 heteroatoms. The smallest absolute Gasteiger partial charge is 0.309 e. The number of ether oxygens (including phenoxy) is 1. The molecule has 12 nitrogen and oxygen atoms in total. The van der Waals surface area contributed by atoms with Crippen LogP contribution in [-0.2, 0) is 16.7 Å². The number of H-pyrrole nitrogens is 1. The first kappa shape index (κ1) is 26.1. The fourth-order valence-corrected chi connectivity index (χ4v) is 4.91. The number of aryl methyl sites for hydroxylation is 1. The standard InChI is InChI=1S/C28H33N9O3/c1-16-23(12-30-34-16)33-27-29-9-7-21(32-27)17-5-6-20-18(11-17)13-37(19-14-39-15-19)10-8-22(20)31-24(38)25-35-36-26(40-25)28(2,3)4/h5-7,9,11-12,19,22H,8,10,13-15H2,1-4H3,(H,30,34)(H,31,38)(H,29,32,33)/t22-/m1/s1. The predicted octanol–water partition coefficient (Wildman–Crippen LogP) is 3.67. The molecule has 1 saturated heterocycles. The van der Waals surface area contributed by atoms with Gasteiger partial charge in [-0.25, -0.2) is 9.97 Å². The van der Waals surface area contributed by atoms with Crippen molar-refractivity contribution in [3.8, 4) is 11.3 Å². The third kappa shape index (κ3) is 5.32. The van der Waals surface area contributed by atoms with E-state index in [0.29, 0.717) is 17.9 Å². The minimum absolute atomic E-state index is 0.0227. The monoisotopic (exact) mass is 543 g/mol. The van der Waals surface area contributed by atoms with Crippen LogP contribution >= 0.6 is 0 Å². The fraction of sp³-hybridized carbons (Fsp3) is 0.429. The van der Waals surface area contributed by atoms with Gasteiger partial charge in [0.25, 0.3) is 0 Å². The molecule has 3 aromatic heterocycles. The van der Waals surface area contributed by atoms with Gasteiger partial charge in [0.15, 0.2) is 0 Å². The lowest BCUT2D eigenvalue weighted by atomic mass is 9.96. The number of amides is 1. The van der Waals surface area contributed by atoms with E-state index in [1.165, 1.54) is 0 Å². The van der Waals surface area contributed by atoms with Crippen molar-refractivity contribution in [1.82, 2.24) is 40.6 Å². The van der Waals surface area contributed by atoms with E-state index in [1.54, 1.807) is 12.4 Å². The topological polar surface area (TPSA) is 147 Å². The van der Waals surface area contributed by atoms with Crippen molar-refractivity contribution in [2.45, 2.75) is 58.2 Å². The van der Waals surface area contributed by atoms with Gasteiger partial charge < -0.3 is 19.8 Å². The number of hydrogen-bond donors (Lipinski definition) is 3. The van der Waals surface area contributed by atoms with Gasteiger partial charge in [0.2, 0.25) is 11.8 Å². The summed E-state index contributed by atoms with van der Waals surface area (Å²) >= 11 is 0. The van der Waals surface area contributed by atoms with E-state index in [1.807, 2.05) is 39.8 Å². The highest BCUT2D eigenvalue weighted by molar-refractivity contribution is 5.89. The molecule has 208 valence electrons. The van der Waals surface area contributed by atoms with Crippen LogP contribution in [-0.4, -0.2) is 67.0 Å². The molecule has 2 aliphatic heterocycles. The van der Waals surface area contributed by atoms with Crippen LogP contribution in [0.1, 0.15) is 66.6 Å². The Balaban J connectivity index is 1.28. The van der Waals surface area contributed by atoms with Crippen molar-refractivity contribution in [2.24, 2.45) is 0 Å². The van der Waals surface area contributed by atoms with E-state index < -0.39 is 0 Å². The van der Waals surface area contributed by atoms with Crippen LogP contribution in [0.3, 0.4) is 0 Å². The summed E-state index contributed by atoms with van der Waals surface area (Å²) in [7, 11) is 0. The SMILES string of the molecule is Cc1n[nH]cc1Nc1nccc(-c2ccc3c(c2)CN(C2COC2)CC[C@H]3NC(=O)c2nnc(C(C)(C)C)o2)n1. The number of rotatable bonds is 6. The molecule has 0 spiro atoms. The first-order valence-electron chi connectivity index (χ1n) is 13.4. The normalized spacial score (nSPS) is 18.1. The number of benzene rings is 1. The zero-order chi connectivity index (χ0) is 27.9. The first-order valence-corrected chi connectivity index (χ1v) is 13.4. The summed E-state index contributed by atoms with van der Waals surface area (Å²) in [5.74, 6) is 0.529. The molecule has 5 heterocycles. The fourth-order valence-electron chi connectivity index (χ4n) is 4.91. The van der Waals surface area contributed by atoms with E-state index in [4.69, 9.17) is 14.1 Å². The van der Waals surface area contributed by atoms with E-state index in [0.717, 1.165) is 66.5 Å². The van der Waals surface area contributed by atoms with Gasteiger partial charge in [0, 0.05) is 36.5 Å². The summed E-state index contributed by atoms with van der Waals surface area (Å²) in [5.41, 5.74) is 5.29. The third-order valence-electron chi connectivity index (χ3n) is 7.33. The maximum Gasteiger partial charge on any atom is 0.309 e. The number of nitrogens with one attached hydrogen (secondary N) is 3.